The summed E-state index contributed by atoms with van der Waals surface area (Å²) < 4.78 is 0. The van der Waals surface area contributed by atoms with Crippen molar-refractivity contribution in [2.24, 2.45) is 5.41 Å². The molecule has 1 heterocycles. The number of hydrogen-bond acceptors (Lipinski definition) is 2. The molecule has 118 valence electrons. The highest BCUT2D eigenvalue weighted by atomic mass is 35.5. The zero-order valence-electron chi connectivity index (χ0n) is 12.6. The van der Waals surface area contributed by atoms with Crippen LogP contribution >= 0.6 is 12.4 Å². The van der Waals surface area contributed by atoms with Crippen molar-refractivity contribution in [1.82, 2.24) is 4.90 Å². The van der Waals surface area contributed by atoms with Crippen LogP contribution in [-0.2, 0) is 4.79 Å². The Morgan fingerprint density at radius 3 is 2.30 bits per heavy atom. The lowest BCUT2D eigenvalue weighted by Crippen LogP contribution is -2.43. The molecule has 0 aromatic heterocycles. The van der Waals surface area contributed by atoms with E-state index in [4.69, 9.17) is 5.11 Å². The largest absolute Gasteiger partial charge is 0.481 e. The second kappa shape index (κ2) is 8.89. The van der Waals surface area contributed by atoms with Gasteiger partial charge in [-0.1, -0.05) is 25.7 Å². The van der Waals surface area contributed by atoms with E-state index in [1.807, 2.05) is 0 Å². The van der Waals surface area contributed by atoms with Crippen molar-refractivity contribution in [3.63, 3.8) is 0 Å². The van der Waals surface area contributed by atoms with Gasteiger partial charge in [0.2, 0.25) is 0 Å². The quantitative estimate of drug-likeness (QED) is 0.777. The first-order valence-electron chi connectivity index (χ1n) is 8.14. The fourth-order valence-electron chi connectivity index (χ4n) is 4.00. The fraction of sp³-hybridized carbons (Fsp3) is 0.938. The van der Waals surface area contributed by atoms with Gasteiger partial charge in [0.15, 0.2) is 0 Å². The number of carboxylic acids is 1. The lowest BCUT2D eigenvalue weighted by Gasteiger charge is -2.43. The van der Waals surface area contributed by atoms with Crippen LogP contribution in [0.1, 0.15) is 70.6 Å². The van der Waals surface area contributed by atoms with Gasteiger partial charge in [-0.05, 0) is 57.0 Å². The number of piperidine rings is 1. The van der Waals surface area contributed by atoms with E-state index >= 15 is 0 Å². The highest BCUT2D eigenvalue weighted by molar-refractivity contribution is 5.85. The normalized spacial score (nSPS) is 23.0. The third kappa shape index (κ3) is 5.61. The van der Waals surface area contributed by atoms with Crippen molar-refractivity contribution in [2.45, 2.75) is 70.6 Å². The molecule has 1 saturated carbocycles. The van der Waals surface area contributed by atoms with Gasteiger partial charge in [0, 0.05) is 13.0 Å². The highest BCUT2D eigenvalue weighted by Gasteiger charge is 2.35. The van der Waals surface area contributed by atoms with Crippen LogP contribution in [0, 0.1) is 5.41 Å². The molecular formula is C16H30ClNO2. The average Bonchev–Trinajstić information content (AvgIpc) is 2.61. The first-order chi connectivity index (χ1) is 9.20. The predicted octanol–water partition coefficient (Wildman–Crippen LogP) is 4.10. The molecule has 20 heavy (non-hydrogen) atoms. The number of aliphatic carboxylic acids is 1. The number of halogens is 1. The SMILES string of the molecule is Cl.O=C(O)CCCCN1CCCC2(CCCCCC2)C1. The summed E-state index contributed by atoms with van der Waals surface area (Å²) in [7, 11) is 0. The summed E-state index contributed by atoms with van der Waals surface area (Å²) in [4.78, 5) is 13.1. The van der Waals surface area contributed by atoms with Gasteiger partial charge >= 0.3 is 5.97 Å². The van der Waals surface area contributed by atoms with E-state index in [2.05, 4.69) is 4.90 Å². The Morgan fingerprint density at radius 2 is 1.65 bits per heavy atom. The van der Waals surface area contributed by atoms with Gasteiger partial charge in [0.05, 0.1) is 0 Å². The van der Waals surface area contributed by atoms with Gasteiger partial charge in [-0.15, -0.1) is 12.4 Å². The number of nitrogens with zero attached hydrogens (tertiary/aromatic N) is 1. The first-order valence-corrected chi connectivity index (χ1v) is 8.14. The number of unbranched alkanes of at least 4 members (excludes halogenated alkanes) is 1. The molecule has 0 amide bonds. The molecule has 1 spiro atoms. The van der Waals surface area contributed by atoms with Gasteiger partial charge in [0.25, 0.3) is 0 Å². The minimum Gasteiger partial charge on any atom is -0.481 e. The monoisotopic (exact) mass is 303 g/mol. The zero-order valence-corrected chi connectivity index (χ0v) is 13.4. The molecule has 1 aliphatic carbocycles. The molecule has 0 aromatic carbocycles. The number of carboxylic acid groups (broad SMARTS) is 1. The number of rotatable bonds is 5. The molecule has 1 saturated heterocycles. The van der Waals surface area contributed by atoms with Gasteiger partial charge in [-0.2, -0.15) is 0 Å². The Bertz CT molecular complexity index is 288. The Labute approximate surface area is 129 Å². The summed E-state index contributed by atoms with van der Waals surface area (Å²) in [6.45, 7) is 3.62. The van der Waals surface area contributed by atoms with Crippen molar-refractivity contribution in [3.8, 4) is 0 Å². The lowest BCUT2D eigenvalue weighted by molar-refractivity contribution is -0.137. The lowest BCUT2D eigenvalue weighted by atomic mass is 9.74. The van der Waals surface area contributed by atoms with Gasteiger partial charge in [0.1, 0.15) is 0 Å². The maximum absolute atomic E-state index is 10.5. The third-order valence-corrected chi connectivity index (χ3v) is 5.02. The van der Waals surface area contributed by atoms with Crippen molar-refractivity contribution < 1.29 is 9.90 Å². The summed E-state index contributed by atoms with van der Waals surface area (Å²) in [6.07, 6.45) is 13.6. The molecular weight excluding hydrogens is 274 g/mol. The van der Waals surface area contributed by atoms with Crippen molar-refractivity contribution >= 4 is 18.4 Å². The number of hydrogen-bond donors (Lipinski definition) is 1. The molecule has 2 aliphatic rings. The van der Waals surface area contributed by atoms with Gasteiger partial charge < -0.3 is 10.0 Å². The Hall–Kier alpha value is -0.280. The van der Waals surface area contributed by atoms with Crippen molar-refractivity contribution in [1.29, 1.82) is 0 Å². The van der Waals surface area contributed by atoms with Crippen LogP contribution in [-0.4, -0.2) is 35.6 Å². The van der Waals surface area contributed by atoms with E-state index in [0.29, 0.717) is 11.8 Å². The van der Waals surface area contributed by atoms with E-state index in [1.165, 1.54) is 64.5 Å². The molecule has 0 unspecified atom stereocenters. The zero-order chi connectivity index (χ0) is 13.6. The molecule has 1 N–H and O–H groups in total. The highest BCUT2D eigenvalue weighted by Crippen LogP contribution is 2.42. The van der Waals surface area contributed by atoms with Crippen LogP contribution < -0.4 is 0 Å². The van der Waals surface area contributed by atoms with Crippen LogP contribution in [0.15, 0.2) is 0 Å². The fourth-order valence-corrected chi connectivity index (χ4v) is 4.00. The molecule has 2 fully saturated rings. The topological polar surface area (TPSA) is 40.5 Å². The maximum Gasteiger partial charge on any atom is 0.303 e. The molecule has 4 heteroatoms. The number of likely N-dealkylation sites (tertiary alicyclic amines) is 1. The molecule has 0 bridgehead atoms. The van der Waals surface area contributed by atoms with E-state index in [9.17, 15) is 4.79 Å². The van der Waals surface area contributed by atoms with Crippen molar-refractivity contribution in [3.05, 3.63) is 0 Å². The van der Waals surface area contributed by atoms with Crippen LogP contribution in [0.3, 0.4) is 0 Å². The summed E-state index contributed by atoms with van der Waals surface area (Å²) in [5.41, 5.74) is 0.613. The minimum absolute atomic E-state index is 0. The Kier molecular flexibility index (Phi) is 7.90. The molecule has 0 atom stereocenters. The smallest absolute Gasteiger partial charge is 0.303 e. The van der Waals surface area contributed by atoms with Crippen LogP contribution in [0.5, 0.6) is 0 Å². The molecule has 0 radical (unpaired) electrons. The van der Waals surface area contributed by atoms with Crippen LogP contribution in [0.2, 0.25) is 0 Å². The van der Waals surface area contributed by atoms with E-state index in [0.717, 1.165) is 19.4 Å². The maximum atomic E-state index is 10.5. The van der Waals surface area contributed by atoms with Crippen LogP contribution in [0.25, 0.3) is 0 Å². The molecule has 3 nitrogen and oxygen atoms in total. The van der Waals surface area contributed by atoms with Crippen molar-refractivity contribution in [2.75, 3.05) is 19.6 Å². The summed E-state index contributed by atoms with van der Waals surface area (Å²) in [5, 5.41) is 8.67. The Balaban J connectivity index is 0.00000200. The Morgan fingerprint density at radius 1 is 1.00 bits per heavy atom. The minimum atomic E-state index is -0.654. The third-order valence-electron chi connectivity index (χ3n) is 5.02. The molecule has 1 aliphatic heterocycles. The van der Waals surface area contributed by atoms with E-state index < -0.39 is 5.97 Å². The summed E-state index contributed by atoms with van der Waals surface area (Å²) in [6, 6.07) is 0. The summed E-state index contributed by atoms with van der Waals surface area (Å²) in [5.74, 6) is -0.654. The van der Waals surface area contributed by atoms with E-state index in [1.54, 1.807) is 0 Å². The second-order valence-corrected chi connectivity index (χ2v) is 6.64. The number of carbonyl (C=O) groups is 1. The molecule has 2 rings (SSSR count). The average molecular weight is 304 g/mol. The molecule has 0 aromatic rings. The van der Waals surface area contributed by atoms with Gasteiger partial charge in [-0.3, -0.25) is 4.79 Å². The second-order valence-electron chi connectivity index (χ2n) is 6.64. The van der Waals surface area contributed by atoms with Gasteiger partial charge in [-0.25, -0.2) is 0 Å². The summed E-state index contributed by atoms with van der Waals surface area (Å²) >= 11 is 0. The standard InChI is InChI=1S/C16H29NO2.ClH/c18-15(19)8-3-6-12-17-13-7-11-16(14-17)9-4-1-2-5-10-16;/h1-14H2,(H,18,19);1H. The van der Waals surface area contributed by atoms with Crippen LogP contribution in [0.4, 0.5) is 0 Å². The predicted molar refractivity (Wildman–Crippen MR) is 84.5 cm³/mol. The van der Waals surface area contributed by atoms with E-state index in [-0.39, 0.29) is 12.4 Å². The first kappa shape index (κ1) is 17.8.